The number of pyridine rings is 2. The molecule has 2 aromatic heterocycles. The Kier molecular flexibility index (Phi) is 5.60. The minimum atomic E-state index is -0.775. The van der Waals surface area contributed by atoms with Gasteiger partial charge in [0, 0.05) is 35.7 Å². The number of nitrogens with zero attached hydrogens (tertiary/aromatic N) is 4. The van der Waals surface area contributed by atoms with Crippen LogP contribution in [-0.4, -0.2) is 29.7 Å². The lowest BCUT2D eigenvalue weighted by atomic mass is 9.86. The molecular formula is C30H30N6O. The van der Waals surface area contributed by atoms with E-state index in [-0.39, 0.29) is 0 Å². The normalized spacial score (nSPS) is 14.5. The largest absolute Gasteiger partial charge is 0.478 e. The van der Waals surface area contributed by atoms with Crippen molar-refractivity contribution in [3.8, 4) is 11.9 Å². The number of rotatable bonds is 5. The first-order valence-corrected chi connectivity index (χ1v) is 13.0. The van der Waals surface area contributed by atoms with Crippen LogP contribution in [0.4, 0.5) is 17.5 Å². The van der Waals surface area contributed by atoms with Crippen LogP contribution >= 0.6 is 0 Å². The maximum atomic E-state index is 10.3. The fourth-order valence-electron chi connectivity index (χ4n) is 5.84. The molecule has 0 amide bonds. The average Bonchev–Trinajstić information content (AvgIpc) is 3.05. The summed E-state index contributed by atoms with van der Waals surface area (Å²) in [4.78, 5) is 12.1. The molecule has 0 bridgehead atoms. The maximum absolute atomic E-state index is 10.3. The molecule has 0 saturated heterocycles. The Labute approximate surface area is 217 Å². The first-order valence-electron chi connectivity index (χ1n) is 13.0. The van der Waals surface area contributed by atoms with E-state index in [1.165, 1.54) is 11.1 Å². The number of fused-ring (bicyclic) bond motifs is 4. The first kappa shape index (κ1) is 23.1. The predicted molar refractivity (Wildman–Crippen MR) is 147 cm³/mol. The lowest BCUT2D eigenvalue weighted by Crippen LogP contribution is -2.47. The van der Waals surface area contributed by atoms with Crippen molar-refractivity contribution in [2.75, 3.05) is 35.2 Å². The summed E-state index contributed by atoms with van der Waals surface area (Å²) >= 11 is 0. The third kappa shape index (κ3) is 3.47. The van der Waals surface area contributed by atoms with Gasteiger partial charge in [-0.3, -0.25) is 0 Å². The number of hydrogen-bond donors (Lipinski definition) is 2. The van der Waals surface area contributed by atoms with Crippen LogP contribution in [-0.2, 0) is 18.5 Å². The molecule has 4 aromatic rings. The quantitative estimate of drug-likeness (QED) is 0.377. The number of nitrogens with one attached hydrogen (secondary N) is 2. The van der Waals surface area contributed by atoms with Gasteiger partial charge in [0.05, 0.1) is 12.0 Å². The number of hydrogen-bond acceptors (Lipinski definition) is 7. The molecule has 1 aliphatic heterocycles. The van der Waals surface area contributed by atoms with E-state index in [4.69, 9.17) is 14.7 Å². The van der Waals surface area contributed by atoms with Crippen LogP contribution in [0.5, 0.6) is 5.88 Å². The van der Waals surface area contributed by atoms with Gasteiger partial charge >= 0.3 is 0 Å². The fourth-order valence-corrected chi connectivity index (χ4v) is 5.84. The lowest BCUT2D eigenvalue weighted by molar-refractivity contribution is 0.327. The van der Waals surface area contributed by atoms with E-state index in [0.717, 1.165) is 47.8 Å². The molecule has 7 nitrogen and oxygen atoms in total. The van der Waals surface area contributed by atoms with Gasteiger partial charge < -0.3 is 20.3 Å². The van der Waals surface area contributed by atoms with Crippen LogP contribution in [0.3, 0.4) is 0 Å². The highest BCUT2D eigenvalue weighted by Crippen LogP contribution is 2.48. The van der Waals surface area contributed by atoms with Gasteiger partial charge in [-0.05, 0) is 44.7 Å². The van der Waals surface area contributed by atoms with Gasteiger partial charge in [0.2, 0.25) is 5.88 Å². The molecule has 0 unspecified atom stereocenters. The summed E-state index contributed by atoms with van der Waals surface area (Å²) in [6, 6.07) is 21.4. The van der Waals surface area contributed by atoms with Crippen molar-refractivity contribution in [3.05, 3.63) is 82.4 Å². The second-order valence-electron chi connectivity index (χ2n) is 9.42. The molecule has 1 aliphatic carbocycles. The molecule has 3 heterocycles. The smallest absolute Gasteiger partial charge is 0.215 e. The van der Waals surface area contributed by atoms with E-state index in [9.17, 15) is 5.26 Å². The zero-order valence-electron chi connectivity index (χ0n) is 21.4. The zero-order valence-corrected chi connectivity index (χ0v) is 21.4. The molecule has 37 heavy (non-hydrogen) atoms. The Hall–Kier alpha value is -4.31. The molecular weight excluding hydrogens is 460 g/mol. The van der Waals surface area contributed by atoms with Gasteiger partial charge in [-0.25, -0.2) is 4.98 Å². The molecule has 2 aliphatic rings. The van der Waals surface area contributed by atoms with Crippen molar-refractivity contribution in [3.63, 3.8) is 0 Å². The summed E-state index contributed by atoms with van der Waals surface area (Å²) < 4.78 is 5.90. The average molecular weight is 491 g/mol. The Balaban J connectivity index is 1.70. The highest BCUT2D eigenvalue weighted by molar-refractivity contribution is 6.07. The standard InChI is InChI=1S/C30H30N6O/c1-4-36(5-2)29-22(18-31)21-17-25(37-6-3)32-27-26(21)28(33-29)35-30(34-27)23-13-9-7-11-19(23)15-16-20-12-8-10-14-24(20)30/h7-14,17H,4-6,15-16H2,1-3H3,(H,32,34)(H,33,35). The van der Waals surface area contributed by atoms with Crippen molar-refractivity contribution in [1.82, 2.24) is 9.97 Å². The summed E-state index contributed by atoms with van der Waals surface area (Å²) in [6.45, 7) is 8.08. The van der Waals surface area contributed by atoms with Gasteiger partial charge in [0.25, 0.3) is 0 Å². The second kappa shape index (κ2) is 8.97. The highest BCUT2D eigenvalue weighted by Gasteiger charge is 2.44. The lowest BCUT2D eigenvalue weighted by Gasteiger charge is -2.42. The number of benzene rings is 2. The molecule has 1 spiro atoms. The molecule has 0 radical (unpaired) electrons. The fraction of sp³-hybridized carbons (Fsp3) is 0.300. The van der Waals surface area contributed by atoms with E-state index >= 15 is 0 Å². The van der Waals surface area contributed by atoms with Gasteiger partial charge in [-0.15, -0.1) is 0 Å². The number of aryl methyl sites for hydroxylation is 2. The summed E-state index contributed by atoms with van der Waals surface area (Å²) in [5, 5.41) is 19.5. The van der Waals surface area contributed by atoms with E-state index in [1.807, 2.05) is 13.0 Å². The van der Waals surface area contributed by atoms with Crippen LogP contribution in [0.2, 0.25) is 0 Å². The third-order valence-electron chi connectivity index (χ3n) is 7.53. The van der Waals surface area contributed by atoms with Crippen molar-refractivity contribution < 1.29 is 4.74 Å². The van der Waals surface area contributed by atoms with E-state index in [1.54, 1.807) is 0 Å². The van der Waals surface area contributed by atoms with Crippen LogP contribution < -0.4 is 20.3 Å². The van der Waals surface area contributed by atoms with Crippen LogP contribution in [0.1, 0.15) is 48.6 Å². The van der Waals surface area contributed by atoms with Gasteiger partial charge in [0.1, 0.15) is 29.1 Å². The summed E-state index contributed by atoms with van der Waals surface area (Å²) in [5.41, 5.74) is 4.61. The van der Waals surface area contributed by atoms with Crippen molar-refractivity contribution in [1.29, 1.82) is 5.26 Å². The molecule has 186 valence electrons. The Morgan fingerprint density at radius 2 is 1.51 bits per heavy atom. The maximum Gasteiger partial charge on any atom is 0.215 e. The minimum Gasteiger partial charge on any atom is -0.478 e. The van der Waals surface area contributed by atoms with E-state index in [0.29, 0.717) is 35.5 Å². The highest BCUT2D eigenvalue weighted by atomic mass is 16.5. The summed E-state index contributed by atoms with van der Waals surface area (Å²) in [7, 11) is 0. The summed E-state index contributed by atoms with van der Waals surface area (Å²) in [6.07, 6.45) is 1.89. The molecule has 7 heteroatoms. The number of aromatic nitrogens is 2. The van der Waals surface area contributed by atoms with Crippen molar-refractivity contribution in [2.24, 2.45) is 0 Å². The van der Waals surface area contributed by atoms with Crippen molar-refractivity contribution in [2.45, 2.75) is 39.3 Å². The first-order chi connectivity index (χ1) is 18.1. The zero-order chi connectivity index (χ0) is 25.6. The molecule has 2 N–H and O–H groups in total. The van der Waals surface area contributed by atoms with Crippen LogP contribution in [0.15, 0.2) is 54.6 Å². The minimum absolute atomic E-state index is 0.482. The summed E-state index contributed by atoms with van der Waals surface area (Å²) in [5.74, 6) is 2.54. The third-order valence-corrected chi connectivity index (χ3v) is 7.53. The van der Waals surface area contributed by atoms with Gasteiger partial charge in [0.15, 0.2) is 5.66 Å². The van der Waals surface area contributed by atoms with Crippen molar-refractivity contribution >= 4 is 28.2 Å². The topological polar surface area (TPSA) is 86.1 Å². The van der Waals surface area contributed by atoms with Gasteiger partial charge in [-0.1, -0.05) is 48.5 Å². The van der Waals surface area contributed by atoms with Crippen LogP contribution in [0.25, 0.3) is 10.8 Å². The Bertz CT molecular complexity index is 1500. The van der Waals surface area contributed by atoms with Crippen LogP contribution in [0, 0.1) is 11.3 Å². The molecule has 0 saturated carbocycles. The SMILES string of the molecule is CCOc1cc2c(C#N)c(N(CC)CC)nc3c2c(n1)NC1(N3)c2ccccc2CCc2ccccc21. The number of anilines is 3. The monoisotopic (exact) mass is 490 g/mol. The van der Waals surface area contributed by atoms with E-state index in [2.05, 4.69) is 84.0 Å². The second-order valence-corrected chi connectivity index (χ2v) is 9.42. The molecule has 0 atom stereocenters. The Morgan fingerprint density at radius 3 is 2.08 bits per heavy atom. The number of nitriles is 1. The number of ether oxygens (including phenoxy) is 1. The predicted octanol–water partition coefficient (Wildman–Crippen LogP) is 5.58. The Morgan fingerprint density at radius 1 is 0.919 bits per heavy atom. The van der Waals surface area contributed by atoms with E-state index < -0.39 is 5.66 Å². The molecule has 2 aromatic carbocycles. The van der Waals surface area contributed by atoms with Gasteiger partial charge in [-0.2, -0.15) is 10.2 Å². The molecule has 0 fully saturated rings. The molecule has 6 rings (SSSR count).